The van der Waals surface area contributed by atoms with Crippen LogP contribution in [0.5, 0.6) is 5.75 Å². The minimum Gasteiger partial charge on any atom is -0.497 e. The minimum absolute atomic E-state index is 0.464. The molecule has 2 nitrogen and oxygen atoms in total. The minimum atomic E-state index is -0.464. The van der Waals surface area contributed by atoms with Crippen molar-refractivity contribution in [3.05, 3.63) is 52.5 Å². The Balaban J connectivity index is 2.16. The average molecular weight is 339 g/mol. The second-order valence-electron chi connectivity index (χ2n) is 4.14. The molecule has 0 aliphatic carbocycles. The highest BCUT2D eigenvalue weighted by molar-refractivity contribution is 9.10. The van der Waals surface area contributed by atoms with Gasteiger partial charge in [0.2, 0.25) is 0 Å². The quantitative estimate of drug-likeness (QED) is 0.878. The van der Waals surface area contributed by atoms with Crippen molar-refractivity contribution >= 4 is 27.7 Å². The van der Waals surface area contributed by atoms with Gasteiger partial charge in [-0.15, -0.1) is 0 Å². The van der Waals surface area contributed by atoms with E-state index in [1.807, 2.05) is 42.5 Å². The SMILES string of the molecule is COc1ccc(Sc2ccc(C(C)O)c(Br)c2)cc1. The maximum absolute atomic E-state index is 9.59. The van der Waals surface area contributed by atoms with Crippen molar-refractivity contribution in [2.75, 3.05) is 7.11 Å². The number of benzene rings is 2. The molecule has 0 aliphatic rings. The molecule has 0 saturated carbocycles. The normalized spacial score (nSPS) is 12.2. The zero-order valence-electron chi connectivity index (χ0n) is 10.8. The summed E-state index contributed by atoms with van der Waals surface area (Å²) in [5.74, 6) is 0.856. The molecule has 0 aliphatic heterocycles. The topological polar surface area (TPSA) is 29.5 Å². The fourth-order valence-corrected chi connectivity index (χ4v) is 3.41. The number of ether oxygens (including phenoxy) is 1. The number of aliphatic hydroxyl groups is 1. The van der Waals surface area contributed by atoms with Crippen molar-refractivity contribution in [3.8, 4) is 5.75 Å². The third-order valence-electron chi connectivity index (χ3n) is 2.72. The van der Waals surface area contributed by atoms with Crippen molar-refractivity contribution in [2.24, 2.45) is 0 Å². The Morgan fingerprint density at radius 2 is 1.74 bits per heavy atom. The molecule has 0 heterocycles. The van der Waals surface area contributed by atoms with Crippen LogP contribution in [0.25, 0.3) is 0 Å². The zero-order valence-corrected chi connectivity index (χ0v) is 13.2. The highest BCUT2D eigenvalue weighted by Crippen LogP contribution is 2.33. The summed E-state index contributed by atoms with van der Waals surface area (Å²) in [4.78, 5) is 2.28. The van der Waals surface area contributed by atoms with E-state index < -0.39 is 6.10 Å². The summed E-state index contributed by atoms with van der Waals surface area (Å²) in [5.41, 5.74) is 0.902. The smallest absolute Gasteiger partial charge is 0.118 e. The lowest BCUT2D eigenvalue weighted by Gasteiger charge is -2.09. The predicted molar refractivity (Wildman–Crippen MR) is 81.9 cm³/mol. The Labute approximate surface area is 125 Å². The van der Waals surface area contributed by atoms with Crippen LogP contribution in [0.15, 0.2) is 56.7 Å². The molecule has 0 saturated heterocycles. The molecule has 19 heavy (non-hydrogen) atoms. The van der Waals surface area contributed by atoms with E-state index in [4.69, 9.17) is 4.74 Å². The van der Waals surface area contributed by atoms with Crippen molar-refractivity contribution in [1.29, 1.82) is 0 Å². The number of halogens is 1. The summed E-state index contributed by atoms with van der Waals surface area (Å²) in [6, 6.07) is 13.9. The van der Waals surface area contributed by atoms with E-state index in [0.717, 1.165) is 25.6 Å². The fraction of sp³-hybridized carbons (Fsp3) is 0.200. The number of hydrogen-bond donors (Lipinski definition) is 1. The number of rotatable bonds is 4. The van der Waals surface area contributed by atoms with Gasteiger partial charge in [-0.25, -0.2) is 0 Å². The van der Waals surface area contributed by atoms with Gasteiger partial charge in [-0.3, -0.25) is 0 Å². The molecule has 0 amide bonds. The van der Waals surface area contributed by atoms with Gasteiger partial charge in [0.15, 0.2) is 0 Å². The maximum atomic E-state index is 9.59. The first-order chi connectivity index (χ1) is 9.10. The summed E-state index contributed by atoms with van der Waals surface area (Å²) in [5, 5.41) is 9.59. The third kappa shape index (κ3) is 3.75. The van der Waals surface area contributed by atoms with E-state index in [0.29, 0.717) is 0 Å². The first kappa shape index (κ1) is 14.4. The molecule has 2 rings (SSSR count). The van der Waals surface area contributed by atoms with Crippen molar-refractivity contribution in [1.82, 2.24) is 0 Å². The number of methoxy groups -OCH3 is 1. The van der Waals surface area contributed by atoms with Crippen LogP contribution in [-0.4, -0.2) is 12.2 Å². The molecular formula is C15H15BrO2S. The van der Waals surface area contributed by atoms with Gasteiger partial charge in [0, 0.05) is 14.3 Å². The molecule has 100 valence electrons. The summed E-state index contributed by atoms with van der Waals surface area (Å²) >= 11 is 5.16. The molecular weight excluding hydrogens is 324 g/mol. The number of hydrogen-bond acceptors (Lipinski definition) is 3. The molecule has 2 aromatic carbocycles. The summed E-state index contributed by atoms with van der Waals surface area (Å²) in [7, 11) is 1.66. The van der Waals surface area contributed by atoms with E-state index in [1.54, 1.807) is 25.8 Å². The van der Waals surface area contributed by atoms with E-state index in [-0.39, 0.29) is 0 Å². The van der Waals surface area contributed by atoms with Crippen LogP contribution in [0.1, 0.15) is 18.6 Å². The Kier molecular flexibility index (Phi) is 4.91. The average Bonchev–Trinajstić information content (AvgIpc) is 2.39. The van der Waals surface area contributed by atoms with Crippen molar-refractivity contribution in [2.45, 2.75) is 22.8 Å². The second kappa shape index (κ2) is 6.46. The first-order valence-corrected chi connectivity index (χ1v) is 7.50. The van der Waals surface area contributed by atoms with E-state index in [9.17, 15) is 5.11 Å². The van der Waals surface area contributed by atoms with E-state index in [1.165, 1.54) is 0 Å². The van der Waals surface area contributed by atoms with E-state index in [2.05, 4.69) is 15.9 Å². The summed E-state index contributed by atoms with van der Waals surface area (Å²) < 4.78 is 6.07. The maximum Gasteiger partial charge on any atom is 0.118 e. The molecule has 1 unspecified atom stereocenters. The standard InChI is InChI=1S/C15H15BrO2S/c1-10(17)14-8-7-13(9-15(14)16)19-12-5-3-11(18-2)4-6-12/h3-10,17H,1-2H3. The highest BCUT2D eigenvalue weighted by atomic mass is 79.9. The Morgan fingerprint density at radius 1 is 1.11 bits per heavy atom. The Hall–Kier alpha value is -0.970. The zero-order chi connectivity index (χ0) is 13.8. The fourth-order valence-electron chi connectivity index (χ4n) is 1.69. The molecule has 4 heteroatoms. The van der Waals surface area contributed by atoms with Crippen LogP contribution >= 0.6 is 27.7 Å². The van der Waals surface area contributed by atoms with Gasteiger partial charge >= 0.3 is 0 Å². The van der Waals surface area contributed by atoms with Crippen LogP contribution in [-0.2, 0) is 0 Å². The van der Waals surface area contributed by atoms with Gasteiger partial charge < -0.3 is 9.84 Å². The van der Waals surface area contributed by atoms with Crippen molar-refractivity contribution < 1.29 is 9.84 Å². The highest BCUT2D eigenvalue weighted by Gasteiger charge is 2.07. The van der Waals surface area contributed by atoms with E-state index >= 15 is 0 Å². The summed E-state index contributed by atoms with van der Waals surface area (Å²) in [6.45, 7) is 1.76. The predicted octanol–water partition coefficient (Wildman–Crippen LogP) is 4.66. The lowest BCUT2D eigenvalue weighted by Crippen LogP contribution is -1.92. The Morgan fingerprint density at radius 3 is 2.26 bits per heavy atom. The molecule has 0 spiro atoms. The van der Waals surface area contributed by atoms with Crippen molar-refractivity contribution in [3.63, 3.8) is 0 Å². The number of aliphatic hydroxyl groups excluding tert-OH is 1. The first-order valence-electron chi connectivity index (χ1n) is 5.89. The molecule has 1 N–H and O–H groups in total. The molecule has 0 bridgehead atoms. The largest absolute Gasteiger partial charge is 0.497 e. The van der Waals surface area contributed by atoms with Crippen LogP contribution in [0, 0.1) is 0 Å². The van der Waals surface area contributed by atoms with Crippen LogP contribution in [0.4, 0.5) is 0 Å². The van der Waals surface area contributed by atoms with Gasteiger partial charge in [0.05, 0.1) is 13.2 Å². The van der Waals surface area contributed by atoms with Gasteiger partial charge in [-0.2, -0.15) is 0 Å². The second-order valence-corrected chi connectivity index (χ2v) is 6.14. The molecule has 2 aromatic rings. The van der Waals surface area contributed by atoms with Gasteiger partial charge in [0.25, 0.3) is 0 Å². The molecule has 0 fully saturated rings. The van der Waals surface area contributed by atoms with Crippen LogP contribution < -0.4 is 4.74 Å². The molecule has 0 aromatic heterocycles. The lowest BCUT2D eigenvalue weighted by molar-refractivity contribution is 0.198. The summed E-state index contributed by atoms with van der Waals surface area (Å²) in [6.07, 6.45) is -0.464. The molecule has 0 radical (unpaired) electrons. The Bertz CT molecular complexity index is 553. The lowest BCUT2D eigenvalue weighted by atomic mass is 10.1. The van der Waals surface area contributed by atoms with Gasteiger partial charge in [-0.05, 0) is 48.9 Å². The molecule has 1 atom stereocenters. The van der Waals surface area contributed by atoms with Crippen LogP contribution in [0.2, 0.25) is 0 Å². The van der Waals surface area contributed by atoms with Gasteiger partial charge in [0.1, 0.15) is 5.75 Å². The van der Waals surface area contributed by atoms with Gasteiger partial charge in [-0.1, -0.05) is 33.8 Å². The third-order valence-corrected chi connectivity index (χ3v) is 4.40. The van der Waals surface area contributed by atoms with Crippen LogP contribution in [0.3, 0.4) is 0 Å². The monoisotopic (exact) mass is 338 g/mol.